The fourth-order valence-corrected chi connectivity index (χ4v) is 1.24. The van der Waals surface area contributed by atoms with Crippen molar-refractivity contribution < 1.29 is 9.53 Å². The van der Waals surface area contributed by atoms with Gasteiger partial charge in [0, 0.05) is 12.7 Å². The number of rotatable bonds is 3. The second-order valence-corrected chi connectivity index (χ2v) is 3.42. The van der Waals surface area contributed by atoms with E-state index in [9.17, 15) is 4.79 Å². The van der Waals surface area contributed by atoms with Crippen molar-refractivity contribution in [3.05, 3.63) is 17.5 Å². The van der Waals surface area contributed by atoms with Crippen molar-refractivity contribution in [2.24, 2.45) is 7.05 Å². The molecule has 2 rings (SSSR count). The van der Waals surface area contributed by atoms with Gasteiger partial charge in [0.1, 0.15) is 0 Å². The fourth-order valence-electron chi connectivity index (χ4n) is 1.24. The predicted molar refractivity (Wildman–Crippen MR) is 58.8 cm³/mol. The Hall–Kier alpha value is -2.38. The van der Waals surface area contributed by atoms with E-state index in [1.165, 1.54) is 7.11 Å². The molecule has 2 heterocycles. The lowest BCUT2D eigenvalue weighted by atomic mass is 10.3. The molecule has 0 saturated carbocycles. The standard InChI is InChI=1S/C9H12N6O2/c1-5-4-6(14-15(5)2)7(16)10-8-11-9(17-3)13-12-8/h4H,1-3H3,(H2,10,11,12,13,16). The molecule has 0 unspecified atom stereocenters. The van der Waals surface area contributed by atoms with Crippen molar-refractivity contribution in [3.8, 4) is 6.01 Å². The summed E-state index contributed by atoms with van der Waals surface area (Å²) in [5, 5.41) is 12.8. The minimum absolute atomic E-state index is 0.164. The van der Waals surface area contributed by atoms with Gasteiger partial charge >= 0.3 is 6.01 Å². The molecule has 0 atom stereocenters. The molecule has 0 saturated heterocycles. The van der Waals surface area contributed by atoms with Gasteiger partial charge in [-0.15, -0.1) is 5.10 Å². The van der Waals surface area contributed by atoms with Crippen LogP contribution in [-0.2, 0) is 7.05 Å². The number of H-pyrrole nitrogens is 1. The monoisotopic (exact) mass is 236 g/mol. The van der Waals surface area contributed by atoms with Crippen LogP contribution in [0.15, 0.2) is 6.07 Å². The second kappa shape index (κ2) is 4.24. The Kier molecular flexibility index (Phi) is 2.77. The zero-order valence-corrected chi connectivity index (χ0v) is 9.68. The van der Waals surface area contributed by atoms with Crippen LogP contribution in [0.1, 0.15) is 16.2 Å². The molecule has 0 fully saturated rings. The van der Waals surface area contributed by atoms with Gasteiger partial charge < -0.3 is 4.74 Å². The minimum Gasteiger partial charge on any atom is -0.466 e. The summed E-state index contributed by atoms with van der Waals surface area (Å²) in [6.07, 6.45) is 0. The molecule has 2 aromatic rings. The average Bonchev–Trinajstić information content (AvgIpc) is 2.87. The van der Waals surface area contributed by atoms with Crippen molar-refractivity contribution >= 4 is 11.9 Å². The van der Waals surface area contributed by atoms with Crippen molar-refractivity contribution in [3.63, 3.8) is 0 Å². The van der Waals surface area contributed by atoms with Gasteiger partial charge in [0.15, 0.2) is 5.69 Å². The molecule has 90 valence electrons. The molecule has 2 N–H and O–H groups in total. The Morgan fingerprint density at radius 2 is 2.35 bits per heavy atom. The van der Waals surface area contributed by atoms with Crippen LogP contribution in [0, 0.1) is 6.92 Å². The Bertz CT molecular complexity index is 524. The first kappa shape index (κ1) is 11.1. The number of anilines is 1. The highest BCUT2D eigenvalue weighted by molar-refractivity contribution is 6.01. The number of aromatic amines is 1. The van der Waals surface area contributed by atoms with E-state index in [2.05, 4.69) is 25.6 Å². The molecule has 2 aromatic heterocycles. The van der Waals surface area contributed by atoms with Gasteiger partial charge in [-0.1, -0.05) is 0 Å². The number of hydrogen-bond acceptors (Lipinski definition) is 5. The van der Waals surface area contributed by atoms with Crippen molar-refractivity contribution in [1.82, 2.24) is 25.0 Å². The molecule has 8 nitrogen and oxygen atoms in total. The molecule has 1 amide bonds. The summed E-state index contributed by atoms with van der Waals surface area (Å²) >= 11 is 0. The molecule has 0 aromatic carbocycles. The molecule has 8 heteroatoms. The number of hydrogen-bond donors (Lipinski definition) is 2. The van der Waals surface area contributed by atoms with E-state index < -0.39 is 0 Å². The lowest BCUT2D eigenvalue weighted by Crippen LogP contribution is -2.14. The SMILES string of the molecule is COc1n[nH]c(NC(=O)c2cc(C)n(C)n2)n1. The van der Waals surface area contributed by atoms with Gasteiger partial charge in [0.2, 0.25) is 5.95 Å². The van der Waals surface area contributed by atoms with Crippen molar-refractivity contribution in [2.45, 2.75) is 6.92 Å². The number of aromatic nitrogens is 5. The van der Waals surface area contributed by atoms with E-state index in [4.69, 9.17) is 4.74 Å². The number of nitrogens with zero attached hydrogens (tertiary/aromatic N) is 4. The lowest BCUT2D eigenvalue weighted by Gasteiger charge is -1.96. The molecule has 17 heavy (non-hydrogen) atoms. The highest BCUT2D eigenvalue weighted by atomic mass is 16.5. The quantitative estimate of drug-likeness (QED) is 0.788. The summed E-state index contributed by atoms with van der Waals surface area (Å²) < 4.78 is 6.40. The van der Waals surface area contributed by atoms with E-state index in [0.717, 1.165) is 5.69 Å². The Morgan fingerprint density at radius 1 is 1.59 bits per heavy atom. The summed E-state index contributed by atoms with van der Waals surface area (Å²) in [4.78, 5) is 15.6. The van der Waals surface area contributed by atoms with E-state index in [-0.39, 0.29) is 17.9 Å². The largest absolute Gasteiger partial charge is 0.466 e. The predicted octanol–water partition coefficient (Wildman–Crippen LogP) is 0.108. The topological polar surface area (TPSA) is 97.7 Å². The number of methoxy groups -OCH3 is 1. The number of amides is 1. The number of ether oxygens (including phenoxy) is 1. The highest BCUT2D eigenvalue weighted by Gasteiger charge is 2.13. The van der Waals surface area contributed by atoms with E-state index in [1.807, 2.05) is 6.92 Å². The zero-order valence-electron chi connectivity index (χ0n) is 9.68. The molecular weight excluding hydrogens is 224 g/mol. The van der Waals surface area contributed by atoms with Crippen LogP contribution in [0.3, 0.4) is 0 Å². The molecule has 0 spiro atoms. The highest BCUT2D eigenvalue weighted by Crippen LogP contribution is 2.07. The number of carbonyl (C=O) groups is 1. The third-order valence-corrected chi connectivity index (χ3v) is 2.23. The number of nitrogens with one attached hydrogen (secondary N) is 2. The van der Waals surface area contributed by atoms with Crippen molar-refractivity contribution in [2.75, 3.05) is 12.4 Å². The third kappa shape index (κ3) is 2.25. The van der Waals surface area contributed by atoms with Crippen LogP contribution in [0.2, 0.25) is 0 Å². The van der Waals surface area contributed by atoms with Gasteiger partial charge in [0.25, 0.3) is 5.91 Å². The first-order valence-corrected chi connectivity index (χ1v) is 4.88. The Morgan fingerprint density at radius 3 is 2.88 bits per heavy atom. The Balaban J connectivity index is 2.11. The normalized spacial score (nSPS) is 10.3. The first-order chi connectivity index (χ1) is 8.10. The average molecular weight is 236 g/mol. The van der Waals surface area contributed by atoms with Gasteiger partial charge in [0.05, 0.1) is 7.11 Å². The third-order valence-electron chi connectivity index (χ3n) is 2.23. The minimum atomic E-state index is -0.354. The molecular formula is C9H12N6O2. The van der Waals surface area contributed by atoms with E-state index >= 15 is 0 Å². The summed E-state index contributed by atoms with van der Waals surface area (Å²) in [6.45, 7) is 1.86. The Labute approximate surface area is 97.0 Å². The first-order valence-electron chi connectivity index (χ1n) is 4.88. The molecule has 0 aliphatic rings. The summed E-state index contributed by atoms with van der Waals surface area (Å²) in [7, 11) is 3.21. The van der Waals surface area contributed by atoms with E-state index in [1.54, 1.807) is 17.8 Å². The van der Waals surface area contributed by atoms with Crippen LogP contribution < -0.4 is 10.1 Å². The number of carbonyl (C=O) groups excluding carboxylic acids is 1. The van der Waals surface area contributed by atoms with Crippen molar-refractivity contribution in [1.29, 1.82) is 0 Å². The smallest absolute Gasteiger partial charge is 0.336 e. The maximum absolute atomic E-state index is 11.8. The maximum atomic E-state index is 11.8. The number of aryl methyl sites for hydroxylation is 2. The molecule has 0 radical (unpaired) electrons. The molecule has 0 aliphatic heterocycles. The summed E-state index contributed by atoms with van der Waals surface area (Å²) in [5.74, 6) is -0.136. The zero-order chi connectivity index (χ0) is 12.4. The summed E-state index contributed by atoms with van der Waals surface area (Å²) in [5.41, 5.74) is 1.21. The van der Waals surface area contributed by atoms with Gasteiger partial charge in [-0.05, 0) is 13.0 Å². The van der Waals surface area contributed by atoms with Gasteiger partial charge in [-0.2, -0.15) is 10.1 Å². The van der Waals surface area contributed by atoms with Gasteiger partial charge in [-0.25, -0.2) is 5.10 Å². The van der Waals surface area contributed by atoms with Gasteiger partial charge in [-0.3, -0.25) is 14.8 Å². The fraction of sp³-hybridized carbons (Fsp3) is 0.333. The maximum Gasteiger partial charge on any atom is 0.336 e. The van der Waals surface area contributed by atoms with Crippen LogP contribution in [0.25, 0.3) is 0 Å². The van der Waals surface area contributed by atoms with E-state index in [0.29, 0.717) is 5.69 Å². The van der Waals surface area contributed by atoms with Crippen LogP contribution in [0.4, 0.5) is 5.95 Å². The lowest BCUT2D eigenvalue weighted by molar-refractivity contribution is 0.102. The molecule has 0 bridgehead atoms. The van der Waals surface area contributed by atoms with Crippen LogP contribution >= 0.6 is 0 Å². The summed E-state index contributed by atoms with van der Waals surface area (Å²) in [6, 6.07) is 1.85. The van der Waals surface area contributed by atoms with Crippen LogP contribution in [-0.4, -0.2) is 38.0 Å². The second-order valence-electron chi connectivity index (χ2n) is 3.42. The van der Waals surface area contributed by atoms with Crippen LogP contribution in [0.5, 0.6) is 6.01 Å². The molecule has 0 aliphatic carbocycles.